The molecule has 2 N–H and O–H groups in total. The quantitative estimate of drug-likeness (QED) is 0.423. The van der Waals surface area contributed by atoms with Crippen LogP contribution < -0.4 is 10.6 Å². The van der Waals surface area contributed by atoms with Gasteiger partial charge in [0.25, 0.3) is 11.6 Å². The van der Waals surface area contributed by atoms with Crippen LogP contribution >= 0.6 is 0 Å². The second-order valence-corrected chi connectivity index (χ2v) is 9.56. The van der Waals surface area contributed by atoms with Gasteiger partial charge < -0.3 is 15.5 Å². The van der Waals surface area contributed by atoms with Crippen LogP contribution in [0.25, 0.3) is 0 Å². The van der Waals surface area contributed by atoms with Gasteiger partial charge in [0.15, 0.2) is 0 Å². The summed E-state index contributed by atoms with van der Waals surface area (Å²) in [5.74, 6) is -0.130. The van der Waals surface area contributed by atoms with E-state index in [2.05, 4.69) is 10.6 Å². The molecule has 0 aliphatic carbocycles. The maximum absolute atomic E-state index is 13.8. The molecule has 0 aromatic heterocycles. The molecule has 2 aliphatic rings. The smallest absolute Gasteiger partial charge is 0.322 e. The lowest BCUT2D eigenvalue weighted by Crippen LogP contribution is -2.50. The lowest BCUT2D eigenvalue weighted by Gasteiger charge is -2.32. The fraction of sp³-hybridized carbons (Fsp3) is 0.542. The van der Waals surface area contributed by atoms with Gasteiger partial charge in [-0.3, -0.25) is 24.6 Å². The monoisotopic (exact) mass is 471 g/mol. The summed E-state index contributed by atoms with van der Waals surface area (Å²) in [4.78, 5) is 53.6. The van der Waals surface area contributed by atoms with Gasteiger partial charge in [0.1, 0.15) is 6.04 Å². The van der Waals surface area contributed by atoms with Gasteiger partial charge in [0.05, 0.1) is 28.8 Å². The number of non-ortho nitro benzene ring substituents is 1. The largest absolute Gasteiger partial charge is 0.354 e. The second kappa shape index (κ2) is 10.2. The summed E-state index contributed by atoms with van der Waals surface area (Å²) < 4.78 is 0. The maximum Gasteiger partial charge on any atom is 0.322 e. The van der Waals surface area contributed by atoms with E-state index in [0.717, 1.165) is 0 Å². The Balaban J connectivity index is 2.01. The van der Waals surface area contributed by atoms with Crippen molar-refractivity contribution in [1.29, 1.82) is 0 Å². The molecule has 0 saturated heterocycles. The Morgan fingerprint density at radius 3 is 2.53 bits per heavy atom. The Morgan fingerprint density at radius 2 is 1.94 bits per heavy atom. The van der Waals surface area contributed by atoms with Gasteiger partial charge in [-0.25, -0.2) is 4.79 Å². The van der Waals surface area contributed by atoms with Gasteiger partial charge in [-0.2, -0.15) is 0 Å². The van der Waals surface area contributed by atoms with E-state index in [4.69, 9.17) is 0 Å². The standard InChI is InChI=1S/C24H33N5O5/c1-6-27-19-13-28(18(10-14(2)3)22(30)25-12-15(4)5)23(31)20(19)21(26-24(27)32)16-8-7-9-17(11-16)29(33)34/h7-9,11,14-15,18,21H,6,10,12-13H2,1-5H3,(H,25,30)(H,26,32). The number of amides is 4. The van der Waals surface area contributed by atoms with Crippen LogP contribution in [0.1, 0.15) is 52.6 Å². The summed E-state index contributed by atoms with van der Waals surface area (Å²) in [7, 11) is 0. The molecular weight excluding hydrogens is 438 g/mol. The molecule has 2 unspecified atom stereocenters. The molecule has 1 aromatic carbocycles. The first kappa shape index (κ1) is 25.2. The highest BCUT2D eigenvalue weighted by molar-refractivity contribution is 6.03. The first-order valence-electron chi connectivity index (χ1n) is 11.7. The van der Waals surface area contributed by atoms with E-state index in [1.807, 2.05) is 34.6 Å². The van der Waals surface area contributed by atoms with E-state index in [-0.39, 0.29) is 41.9 Å². The number of benzene rings is 1. The van der Waals surface area contributed by atoms with Crippen molar-refractivity contribution in [2.24, 2.45) is 11.8 Å². The van der Waals surface area contributed by atoms with Crippen molar-refractivity contribution >= 4 is 23.5 Å². The van der Waals surface area contributed by atoms with Crippen molar-refractivity contribution in [1.82, 2.24) is 20.4 Å². The molecule has 10 nitrogen and oxygen atoms in total. The number of nitro benzene ring substituents is 1. The van der Waals surface area contributed by atoms with Crippen LogP contribution in [-0.2, 0) is 9.59 Å². The van der Waals surface area contributed by atoms with Gasteiger partial charge in [-0.1, -0.05) is 39.8 Å². The van der Waals surface area contributed by atoms with Crippen LogP contribution in [0.5, 0.6) is 0 Å². The predicted octanol–water partition coefficient (Wildman–Crippen LogP) is 2.96. The highest BCUT2D eigenvalue weighted by Crippen LogP contribution is 2.38. The summed E-state index contributed by atoms with van der Waals surface area (Å²) in [5.41, 5.74) is 1.22. The fourth-order valence-electron chi connectivity index (χ4n) is 4.41. The molecule has 0 bridgehead atoms. The van der Waals surface area contributed by atoms with Crippen molar-refractivity contribution in [2.45, 2.75) is 53.1 Å². The Labute approximate surface area is 199 Å². The molecule has 3 rings (SSSR count). The molecule has 0 fully saturated rings. The van der Waals surface area contributed by atoms with Crippen LogP contribution in [0.4, 0.5) is 10.5 Å². The number of nitrogens with zero attached hydrogens (tertiary/aromatic N) is 3. The molecule has 34 heavy (non-hydrogen) atoms. The summed E-state index contributed by atoms with van der Waals surface area (Å²) in [6.45, 7) is 10.8. The van der Waals surface area contributed by atoms with E-state index in [9.17, 15) is 24.5 Å². The minimum Gasteiger partial charge on any atom is -0.354 e. The topological polar surface area (TPSA) is 125 Å². The normalized spacial score (nSPS) is 19.0. The predicted molar refractivity (Wildman–Crippen MR) is 127 cm³/mol. The fourth-order valence-corrected chi connectivity index (χ4v) is 4.41. The van der Waals surface area contributed by atoms with E-state index < -0.39 is 17.0 Å². The highest BCUT2D eigenvalue weighted by Gasteiger charge is 2.47. The van der Waals surface area contributed by atoms with Gasteiger partial charge in [-0.15, -0.1) is 0 Å². The number of urea groups is 1. The van der Waals surface area contributed by atoms with Gasteiger partial charge in [-0.05, 0) is 30.7 Å². The number of carbonyl (C=O) groups excluding carboxylic acids is 3. The average molecular weight is 472 g/mol. The Hall–Kier alpha value is -3.43. The zero-order chi connectivity index (χ0) is 25.2. The lowest BCUT2D eigenvalue weighted by molar-refractivity contribution is -0.384. The number of hydrogen-bond acceptors (Lipinski definition) is 5. The molecule has 184 valence electrons. The number of hydrogen-bond donors (Lipinski definition) is 2. The maximum atomic E-state index is 13.8. The third-order valence-corrected chi connectivity index (χ3v) is 6.04. The van der Waals surface area contributed by atoms with Crippen LogP contribution in [0.15, 0.2) is 35.5 Å². The number of carbonyl (C=O) groups is 3. The van der Waals surface area contributed by atoms with Crippen LogP contribution in [0.2, 0.25) is 0 Å². The average Bonchev–Trinajstić information content (AvgIpc) is 3.11. The number of nitro groups is 1. The molecule has 0 saturated carbocycles. The van der Waals surface area contributed by atoms with E-state index in [1.54, 1.807) is 6.07 Å². The Kier molecular flexibility index (Phi) is 7.58. The third kappa shape index (κ3) is 5.05. The zero-order valence-corrected chi connectivity index (χ0v) is 20.3. The van der Waals surface area contributed by atoms with Crippen LogP contribution in [-0.4, -0.2) is 58.2 Å². The van der Waals surface area contributed by atoms with E-state index in [0.29, 0.717) is 36.3 Å². The van der Waals surface area contributed by atoms with Crippen LogP contribution in [0.3, 0.4) is 0 Å². The number of nitrogens with one attached hydrogen (secondary N) is 2. The highest BCUT2D eigenvalue weighted by atomic mass is 16.6. The van der Waals surface area contributed by atoms with Gasteiger partial charge in [0, 0.05) is 25.2 Å². The van der Waals surface area contributed by atoms with E-state index in [1.165, 1.54) is 28.0 Å². The second-order valence-electron chi connectivity index (χ2n) is 9.56. The van der Waals surface area contributed by atoms with E-state index >= 15 is 0 Å². The number of rotatable bonds is 9. The molecule has 0 radical (unpaired) electrons. The zero-order valence-electron chi connectivity index (χ0n) is 20.3. The molecule has 10 heteroatoms. The Morgan fingerprint density at radius 1 is 1.24 bits per heavy atom. The third-order valence-electron chi connectivity index (χ3n) is 6.04. The van der Waals surface area contributed by atoms with Gasteiger partial charge >= 0.3 is 6.03 Å². The molecular formula is C24H33N5O5. The minimum absolute atomic E-state index is 0.125. The summed E-state index contributed by atoms with van der Waals surface area (Å²) >= 11 is 0. The SMILES string of the molecule is CCN1C(=O)NC(c2cccc([N+](=O)[O-])c2)C2=C1CN(C(CC(C)C)C(=O)NCC(C)C)C2=O. The van der Waals surface area contributed by atoms with Crippen LogP contribution in [0, 0.1) is 22.0 Å². The first-order valence-corrected chi connectivity index (χ1v) is 11.7. The molecule has 2 atom stereocenters. The summed E-state index contributed by atoms with van der Waals surface area (Å²) in [6.07, 6.45) is 0.477. The summed E-state index contributed by atoms with van der Waals surface area (Å²) in [5, 5.41) is 17.1. The Bertz CT molecular complexity index is 1020. The molecule has 1 aromatic rings. The van der Waals surface area contributed by atoms with Crippen molar-refractivity contribution in [3.05, 3.63) is 51.2 Å². The molecule has 4 amide bonds. The molecule has 2 aliphatic heterocycles. The first-order chi connectivity index (χ1) is 16.0. The molecule has 0 spiro atoms. The van der Waals surface area contributed by atoms with Gasteiger partial charge in [0.2, 0.25) is 5.91 Å². The van der Waals surface area contributed by atoms with Crippen molar-refractivity contribution < 1.29 is 19.3 Å². The number of likely N-dealkylation sites (N-methyl/N-ethyl adjacent to an activating group) is 1. The van der Waals surface area contributed by atoms with Crippen molar-refractivity contribution in [3.8, 4) is 0 Å². The van der Waals surface area contributed by atoms with Crippen molar-refractivity contribution in [2.75, 3.05) is 19.6 Å². The minimum atomic E-state index is -0.832. The molecule has 2 heterocycles. The summed E-state index contributed by atoms with van der Waals surface area (Å²) in [6, 6.07) is 4.02. The van der Waals surface area contributed by atoms with Crippen molar-refractivity contribution in [3.63, 3.8) is 0 Å². The lowest BCUT2D eigenvalue weighted by atomic mass is 9.95.